The van der Waals surface area contributed by atoms with E-state index in [2.05, 4.69) is 10.0 Å². The standard InChI is InChI=1S/C18H24N4O3/c1-20-17(23)8-7-16(19-20)18(24)22-11-9-21(10-12-22)13-14-25-15-5-3-2-4-6-15/h2-6H,7-14H2,1H3. The molecule has 0 N–H and O–H groups in total. The van der Waals surface area contributed by atoms with Crippen molar-refractivity contribution < 1.29 is 14.3 Å². The molecule has 0 aromatic heterocycles. The van der Waals surface area contributed by atoms with E-state index in [1.807, 2.05) is 35.2 Å². The number of benzene rings is 1. The SMILES string of the molecule is CN1N=C(C(=O)N2CCN(CCOc3ccccc3)CC2)CCC1=O. The van der Waals surface area contributed by atoms with Gasteiger partial charge in [0.1, 0.15) is 18.1 Å². The van der Waals surface area contributed by atoms with Gasteiger partial charge < -0.3 is 9.64 Å². The van der Waals surface area contributed by atoms with Crippen molar-refractivity contribution in [2.45, 2.75) is 12.8 Å². The van der Waals surface area contributed by atoms with Crippen LogP contribution in [0.25, 0.3) is 0 Å². The van der Waals surface area contributed by atoms with Crippen LogP contribution in [0.5, 0.6) is 5.75 Å². The van der Waals surface area contributed by atoms with E-state index >= 15 is 0 Å². The topological polar surface area (TPSA) is 65.5 Å². The molecule has 0 atom stereocenters. The van der Waals surface area contributed by atoms with Crippen molar-refractivity contribution >= 4 is 17.5 Å². The molecule has 3 rings (SSSR count). The molecule has 1 saturated heterocycles. The number of amides is 2. The fourth-order valence-corrected chi connectivity index (χ4v) is 2.99. The van der Waals surface area contributed by atoms with Gasteiger partial charge in [-0.2, -0.15) is 5.10 Å². The van der Waals surface area contributed by atoms with E-state index in [9.17, 15) is 9.59 Å². The van der Waals surface area contributed by atoms with E-state index in [0.29, 0.717) is 38.2 Å². The Labute approximate surface area is 147 Å². The van der Waals surface area contributed by atoms with Gasteiger partial charge in [0.15, 0.2) is 0 Å². The number of nitrogens with zero attached hydrogens (tertiary/aromatic N) is 4. The number of hydrazone groups is 1. The minimum Gasteiger partial charge on any atom is -0.492 e. The van der Waals surface area contributed by atoms with Crippen LogP contribution in [0.15, 0.2) is 35.4 Å². The van der Waals surface area contributed by atoms with Crippen molar-refractivity contribution in [3.63, 3.8) is 0 Å². The third-order valence-electron chi connectivity index (χ3n) is 4.53. The zero-order valence-corrected chi connectivity index (χ0v) is 14.6. The van der Waals surface area contributed by atoms with Crippen LogP contribution >= 0.6 is 0 Å². The van der Waals surface area contributed by atoms with E-state index in [4.69, 9.17) is 4.74 Å². The number of para-hydroxylation sites is 1. The van der Waals surface area contributed by atoms with Crippen LogP contribution in [-0.2, 0) is 9.59 Å². The number of ether oxygens (including phenoxy) is 1. The van der Waals surface area contributed by atoms with Gasteiger partial charge in [-0.1, -0.05) is 18.2 Å². The van der Waals surface area contributed by atoms with Gasteiger partial charge in [0.25, 0.3) is 5.91 Å². The Bertz CT molecular complexity index is 639. The summed E-state index contributed by atoms with van der Waals surface area (Å²) in [4.78, 5) is 28.1. The Hall–Kier alpha value is -2.41. The Kier molecular flexibility index (Phi) is 5.65. The van der Waals surface area contributed by atoms with E-state index in [-0.39, 0.29) is 11.8 Å². The quantitative estimate of drug-likeness (QED) is 0.793. The average Bonchev–Trinajstić information content (AvgIpc) is 2.65. The molecular formula is C18H24N4O3. The molecule has 1 aromatic rings. The van der Waals surface area contributed by atoms with E-state index in [0.717, 1.165) is 25.4 Å². The van der Waals surface area contributed by atoms with Gasteiger partial charge in [-0.05, 0) is 12.1 Å². The van der Waals surface area contributed by atoms with Gasteiger partial charge in [-0.3, -0.25) is 14.5 Å². The molecule has 0 spiro atoms. The lowest BCUT2D eigenvalue weighted by molar-refractivity contribution is -0.131. The normalized spacial score (nSPS) is 18.9. The number of hydrogen-bond donors (Lipinski definition) is 0. The second kappa shape index (κ2) is 8.11. The van der Waals surface area contributed by atoms with Gasteiger partial charge in [0.2, 0.25) is 5.91 Å². The molecular weight excluding hydrogens is 320 g/mol. The van der Waals surface area contributed by atoms with Crippen LogP contribution in [0, 0.1) is 0 Å². The molecule has 2 amide bonds. The summed E-state index contributed by atoms with van der Waals surface area (Å²) >= 11 is 0. The van der Waals surface area contributed by atoms with E-state index < -0.39 is 0 Å². The summed E-state index contributed by atoms with van der Waals surface area (Å²) in [5, 5.41) is 5.39. The second-order valence-electron chi connectivity index (χ2n) is 6.26. The van der Waals surface area contributed by atoms with Crippen molar-refractivity contribution in [3.8, 4) is 5.75 Å². The molecule has 25 heavy (non-hydrogen) atoms. The van der Waals surface area contributed by atoms with Crippen LogP contribution in [0.4, 0.5) is 0 Å². The molecule has 1 fully saturated rings. The largest absolute Gasteiger partial charge is 0.492 e. The van der Waals surface area contributed by atoms with Crippen molar-refractivity contribution in [2.24, 2.45) is 5.10 Å². The zero-order chi connectivity index (χ0) is 17.6. The Morgan fingerprint density at radius 1 is 1.12 bits per heavy atom. The first-order valence-electron chi connectivity index (χ1n) is 8.67. The smallest absolute Gasteiger partial charge is 0.270 e. The molecule has 0 bridgehead atoms. The number of rotatable bonds is 5. The average molecular weight is 344 g/mol. The minimum absolute atomic E-state index is 0.0419. The first-order valence-corrected chi connectivity index (χ1v) is 8.67. The molecule has 0 radical (unpaired) electrons. The summed E-state index contributed by atoms with van der Waals surface area (Å²) in [7, 11) is 1.60. The van der Waals surface area contributed by atoms with Crippen LogP contribution in [0.3, 0.4) is 0 Å². The summed E-state index contributed by atoms with van der Waals surface area (Å²) < 4.78 is 5.72. The lowest BCUT2D eigenvalue weighted by Crippen LogP contribution is -2.52. The van der Waals surface area contributed by atoms with Gasteiger partial charge in [0.05, 0.1) is 0 Å². The van der Waals surface area contributed by atoms with Crippen molar-refractivity contribution in [2.75, 3.05) is 46.4 Å². The van der Waals surface area contributed by atoms with Gasteiger partial charge in [0, 0.05) is 52.6 Å². The van der Waals surface area contributed by atoms with Crippen LogP contribution in [0.1, 0.15) is 12.8 Å². The second-order valence-corrected chi connectivity index (χ2v) is 6.26. The van der Waals surface area contributed by atoms with Gasteiger partial charge in [-0.15, -0.1) is 0 Å². The van der Waals surface area contributed by atoms with Crippen LogP contribution in [0.2, 0.25) is 0 Å². The monoisotopic (exact) mass is 344 g/mol. The zero-order valence-electron chi connectivity index (χ0n) is 14.6. The van der Waals surface area contributed by atoms with Gasteiger partial charge >= 0.3 is 0 Å². The van der Waals surface area contributed by atoms with Crippen molar-refractivity contribution in [1.29, 1.82) is 0 Å². The summed E-state index contributed by atoms with van der Waals surface area (Å²) in [6, 6.07) is 9.78. The third-order valence-corrected chi connectivity index (χ3v) is 4.53. The lowest BCUT2D eigenvalue weighted by atomic mass is 10.1. The maximum atomic E-state index is 12.5. The fraction of sp³-hybridized carbons (Fsp3) is 0.500. The van der Waals surface area contributed by atoms with Crippen molar-refractivity contribution in [1.82, 2.24) is 14.8 Å². The molecule has 7 heteroatoms. The first-order chi connectivity index (χ1) is 12.1. The number of carbonyl (C=O) groups excluding carboxylic acids is 2. The highest BCUT2D eigenvalue weighted by Crippen LogP contribution is 2.12. The summed E-state index contributed by atoms with van der Waals surface area (Å²) in [5.41, 5.74) is 0.489. The summed E-state index contributed by atoms with van der Waals surface area (Å²) in [5.74, 6) is 0.796. The van der Waals surface area contributed by atoms with Gasteiger partial charge in [-0.25, -0.2) is 5.01 Å². The molecule has 134 valence electrons. The van der Waals surface area contributed by atoms with E-state index in [1.165, 1.54) is 5.01 Å². The molecule has 0 saturated carbocycles. The molecule has 0 aliphatic carbocycles. The molecule has 7 nitrogen and oxygen atoms in total. The number of piperazine rings is 1. The number of carbonyl (C=O) groups is 2. The first kappa shape index (κ1) is 17.4. The Morgan fingerprint density at radius 3 is 2.52 bits per heavy atom. The molecule has 0 unspecified atom stereocenters. The summed E-state index contributed by atoms with van der Waals surface area (Å²) in [6.07, 6.45) is 0.797. The molecule has 1 aromatic carbocycles. The fourth-order valence-electron chi connectivity index (χ4n) is 2.99. The highest BCUT2D eigenvalue weighted by Gasteiger charge is 2.28. The number of hydrogen-bond acceptors (Lipinski definition) is 5. The van der Waals surface area contributed by atoms with E-state index in [1.54, 1.807) is 7.05 Å². The molecule has 2 heterocycles. The third kappa shape index (κ3) is 4.57. The highest BCUT2D eigenvalue weighted by atomic mass is 16.5. The highest BCUT2D eigenvalue weighted by molar-refractivity contribution is 6.39. The minimum atomic E-state index is -0.0421. The predicted octanol–water partition coefficient (Wildman–Crippen LogP) is 0.818. The predicted molar refractivity (Wildman–Crippen MR) is 94.4 cm³/mol. The van der Waals surface area contributed by atoms with Crippen molar-refractivity contribution in [3.05, 3.63) is 30.3 Å². The Morgan fingerprint density at radius 2 is 1.84 bits per heavy atom. The maximum Gasteiger partial charge on any atom is 0.270 e. The van der Waals surface area contributed by atoms with Crippen LogP contribution < -0.4 is 4.74 Å². The lowest BCUT2D eigenvalue weighted by Gasteiger charge is -2.35. The molecule has 2 aliphatic rings. The molecule has 2 aliphatic heterocycles. The Balaban J connectivity index is 1.42. The maximum absolute atomic E-state index is 12.5. The van der Waals surface area contributed by atoms with Crippen LogP contribution in [-0.4, -0.2) is 78.7 Å². The summed E-state index contributed by atoms with van der Waals surface area (Å²) in [6.45, 7) is 4.49.